The fourth-order valence-corrected chi connectivity index (χ4v) is 2.52. The number of carbonyl (C=O) groups is 2. The molecule has 0 radical (unpaired) electrons. The molecule has 22 heavy (non-hydrogen) atoms. The van der Waals surface area contributed by atoms with Gasteiger partial charge in [-0.3, -0.25) is 9.59 Å². The van der Waals surface area contributed by atoms with Gasteiger partial charge < -0.3 is 16.0 Å². The van der Waals surface area contributed by atoms with Gasteiger partial charge in [-0.25, -0.2) is 0 Å². The Balaban J connectivity index is 2.15. The number of amides is 2. The summed E-state index contributed by atoms with van der Waals surface area (Å²) >= 11 is 6.15. The quantitative estimate of drug-likeness (QED) is 0.897. The van der Waals surface area contributed by atoms with Crippen LogP contribution in [0.5, 0.6) is 0 Å². The van der Waals surface area contributed by atoms with E-state index in [-0.39, 0.29) is 23.8 Å². The average molecular weight is 324 g/mol. The molecule has 2 rings (SSSR count). The van der Waals surface area contributed by atoms with Crippen LogP contribution in [-0.2, 0) is 4.79 Å². The van der Waals surface area contributed by atoms with Gasteiger partial charge in [0.25, 0.3) is 5.91 Å². The van der Waals surface area contributed by atoms with Crippen LogP contribution in [0.25, 0.3) is 0 Å². The van der Waals surface area contributed by atoms with Gasteiger partial charge in [-0.15, -0.1) is 0 Å². The monoisotopic (exact) mass is 323 g/mol. The molecule has 0 saturated carbocycles. The fraction of sp³-hybridized carbons (Fsp3) is 0.500. The number of likely N-dealkylation sites (tertiary alicyclic amines) is 1. The molecule has 120 valence electrons. The summed E-state index contributed by atoms with van der Waals surface area (Å²) in [5.74, 6) is -0.333. The van der Waals surface area contributed by atoms with Crippen molar-refractivity contribution < 1.29 is 9.59 Å². The molecule has 0 atom stereocenters. The number of piperidine rings is 1. The summed E-state index contributed by atoms with van der Waals surface area (Å²) in [4.78, 5) is 26.1. The summed E-state index contributed by atoms with van der Waals surface area (Å²) in [5, 5.41) is 3.18. The van der Waals surface area contributed by atoms with E-state index < -0.39 is 0 Å². The number of nitrogens with zero attached hydrogens (tertiary/aromatic N) is 1. The van der Waals surface area contributed by atoms with Crippen molar-refractivity contribution in [3.63, 3.8) is 0 Å². The van der Waals surface area contributed by atoms with Crippen molar-refractivity contribution in [2.75, 3.05) is 18.4 Å². The van der Waals surface area contributed by atoms with Gasteiger partial charge in [-0.2, -0.15) is 0 Å². The minimum absolute atomic E-state index is 0.0929. The van der Waals surface area contributed by atoms with Gasteiger partial charge >= 0.3 is 0 Å². The Hall–Kier alpha value is -1.59. The predicted molar refractivity (Wildman–Crippen MR) is 88.0 cm³/mol. The molecule has 0 bridgehead atoms. The van der Waals surface area contributed by atoms with Crippen molar-refractivity contribution in [2.45, 2.75) is 32.7 Å². The first-order chi connectivity index (χ1) is 10.4. The summed E-state index contributed by atoms with van der Waals surface area (Å²) in [6.07, 6.45) is 1.60. The lowest BCUT2D eigenvalue weighted by molar-refractivity contribution is -0.118. The third-order valence-corrected chi connectivity index (χ3v) is 4.15. The number of anilines is 1. The molecular formula is C16H22ClN3O2. The number of hydrogen-bond donors (Lipinski definition) is 2. The number of rotatable bonds is 3. The summed E-state index contributed by atoms with van der Waals surface area (Å²) in [7, 11) is 0. The summed E-state index contributed by atoms with van der Waals surface area (Å²) in [6, 6.07) is 5.14. The normalized spacial score (nSPS) is 16.0. The SMILES string of the molecule is CC(C)C(=O)Nc1ccc(Cl)c(C(=O)N2CCC(N)CC2)c1. The smallest absolute Gasteiger partial charge is 0.255 e. The average Bonchev–Trinajstić information content (AvgIpc) is 2.49. The van der Waals surface area contributed by atoms with Crippen molar-refractivity contribution >= 4 is 29.1 Å². The van der Waals surface area contributed by atoms with E-state index in [2.05, 4.69) is 5.32 Å². The third-order valence-electron chi connectivity index (χ3n) is 3.82. The predicted octanol–water partition coefficient (Wildman–Crippen LogP) is 2.50. The van der Waals surface area contributed by atoms with E-state index in [4.69, 9.17) is 17.3 Å². The van der Waals surface area contributed by atoms with Crippen molar-refractivity contribution in [2.24, 2.45) is 11.7 Å². The topological polar surface area (TPSA) is 75.4 Å². The molecule has 1 aromatic carbocycles. The summed E-state index contributed by atoms with van der Waals surface area (Å²) in [6.45, 7) is 4.90. The maximum Gasteiger partial charge on any atom is 0.255 e. The molecule has 1 heterocycles. The van der Waals surface area contributed by atoms with Gasteiger partial charge in [0.05, 0.1) is 10.6 Å². The Morgan fingerprint density at radius 3 is 2.55 bits per heavy atom. The lowest BCUT2D eigenvalue weighted by atomic mass is 10.0. The van der Waals surface area contributed by atoms with Crippen molar-refractivity contribution in [3.8, 4) is 0 Å². The molecule has 0 spiro atoms. The number of hydrogen-bond acceptors (Lipinski definition) is 3. The molecular weight excluding hydrogens is 302 g/mol. The maximum absolute atomic E-state index is 12.6. The zero-order valence-corrected chi connectivity index (χ0v) is 13.7. The van der Waals surface area contributed by atoms with E-state index >= 15 is 0 Å². The van der Waals surface area contributed by atoms with Crippen LogP contribution in [0, 0.1) is 5.92 Å². The Labute approximate surface area is 135 Å². The second-order valence-electron chi connectivity index (χ2n) is 5.97. The Morgan fingerprint density at radius 2 is 1.95 bits per heavy atom. The largest absolute Gasteiger partial charge is 0.338 e. The van der Waals surface area contributed by atoms with E-state index in [0.717, 1.165) is 12.8 Å². The second kappa shape index (κ2) is 7.11. The number of halogens is 1. The van der Waals surface area contributed by atoms with E-state index in [0.29, 0.717) is 29.4 Å². The fourth-order valence-electron chi connectivity index (χ4n) is 2.33. The number of carbonyl (C=O) groups excluding carboxylic acids is 2. The van der Waals surface area contributed by atoms with Gasteiger partial charge in [-0.1, -0.05) is 25.4 Å². The van der Waals surface area contributed by atoms with Crippen LogP contribution < -0.4 is 11.1 Å². The highest BCUT2D eigenvalue weighted by Crippen LogP contribution is 2.24. The first kappa shape index (κ1) is 16.8. The first-order valence-electron chi connectivity index (χ1n) is 7.53. The van der Waals surface area contributed by atoms with Crippen LogP contribution in [0.4, 0.5) is 5.69 Å². The zero-order valence-electron chi connectivity index (χ0n) is 12.9. The highest BCUT2D eigenvalue weighted by molar-refractivity contribution is 6.34. The van der Waals surface area contributed by atoms with E-state index in [1.807, 2.05) is 13.8 Å². The second-order valence-corrected chi connectivity index (χ2v) is 6.38. The number of nitrogens with one attached hydrogen (secondary N) is 1. The molecule has 3 N–H and O–H groups in total. The Bertz CT molecular complexity index is 567. The first-order valence-corrected chi connectivity index (χ1v) is 7.91. The molecule has 0 aromatic heterocycles. The van der Waals surface area contributed by atoms with Crippen LogP contribution in [0.1, 0.15) is 37.0 Å². The van der Waals surface area contributed by atoms with Crippen LogP contribution in [0.2, 0.25) is 5.02 Å². The van der Waals surface area contributed by atoms with Gasteiger partial charge in [0.15, 0.2) is 0 Å². The van der Waals surface area contributed by atoms with E-state index in [1.165, 1.54) is 0 Å². The number of benzene rings is 1. The molecule has 1 aromatic rings. The van der Waals surface area contributed by atoms with Crippen molar-refractivity contribution in [3.05, 3.63) is 28.8 Å². The molecule has 6 heteroatoms. The minimum Gasteiger partial charge on any atom is -0.338 e. The van der Waals surface area contributed by atoms with Crippen LogP contribution in [-0.4, -0.2) is 35.8 Å². The highest BCUT2D eigenvalue weighted by Gasteiger charge is 2.23. The molecule has 5 nitrogen and oxygen atoms in total. The molecule has 1 fully saturated rings. The van der Waals surface area contributed by atoms with E-state index in [9.17, 15) is 9.59 Å². The highest BCUT2D eigenvalue weighted by atomic mass is 35.5. The minimum atomic E-state index is -0.126. The maximum atomic E-state index is 12.6. The molecule has 2 amide bonds. The Morgan fingerprint density at radius 1 is 1.32 bits per heavy atom. The molecule has 1 aliphatic heterocycles. The van der Waals surface area contributed by atoms with Crippen LogP contribution in [0.3, 0.4) is 0 Å². The van der Waals surface area contributed by atoms with Crippen LogP contribution >= 0.6 is 11.6 Å². The van der Waals surface area contributed by atoms with Gasteiger partial charge in [0, 0.05) is 30.7 Å². The molecule has 0 aliphatic carbocycles. The molecule has 1 saturated heterocycles. The lowest BCUT2D eigenvalue weighted by Crippen LogP contribution is -2.42. The van der Waals surface area contributed by atoms with Gasteiger partial charge in [0.2, 0.25) is 5.91 Å². The Kier molecular flexibility index (Phi) is 5.42. The van der Waals surface area contributed by atoms with Crippen molar-refractivity contribution in [1.82, 2.24) is 4.90 Å². The van der Waals surface area contributed by atoms with Gasteiger partial charge in [0.1, 0.15) is 0 Å². The summed E-state index contributed by atoms with van der Waals surface area (Å²) < 4.78 is 0. The standard InChI is InChI=1S/C16H22ClN3O2/c1-10(2)15(21)19-12-3-4-14(17)13(9-12)16(22)20-7-5-11(18)6-8-20/h3-4,9-11H,5-8,18H2,1-2H3,(H,19,21). The lowest BCUT2D eigenvalue weighted by Gasteiger charge is -2.30. The zero-order chi connectivity index (χ0) is 16.3. The van der Waals surface area contributed by atoms with E-state index in [1.54, 1.807) is 23.1 Å². The third kappa shape index (κ3) is 3.99. The number of nitrogens with two attached hydrogens (primary N) is 1. The van der Waals surface area contributed by atoms with Crippen molar-refractivity contribution in [1.29, 1.82) is 0 Å². The molecule has 0 unspecified atom stereocenters. The van der Waals surface area contributed by atoms with Gasteiger partial charge in [-0.05, 0) is 31.0 Å². The van der Waals surface area contributed by atoms with Crippen LogP contribution in [0.15, 0.2) is 18.2 Å². The summed E-state index contributed by atoms with van der Waals surface area (Å²) in [5.41, 5.74) is 6.86. The molecule has 1 aliphatic rings.